The van der Waals surface area contributed by atoms with Gasteiger partial charge >= 0.3 is 5.97 Å². The van der Waals surface area contributed by atoms with Crippen LogP contribution in [0.15, 0.2) is 60.7 Å². The first-order valence-corrected chi connectivity index (χ1v) is 8.94. The number of carbonyl (C=O) groups excluding carboxylic acids is 2. The average molecular weight is 367 g/mol. The van der Waals surface area contributed by atoms with Crippen LogP contribution in [0.25, 0.3) is 0 Å². The van der Waals surface area contributed by atoms with Crippen molar-refractivity contribution in [2.24, 2.45) is 0 Å². The number of esters is 1. The molecule has 140 valence electrons. The molecule has 0 N–H and O–H groups in total. The van der Waals surface area contributed by atoms with Gasteiger partial charge in [-0.15, -0.1) is 0 Å². The number of benzene rings is 2. The number of methoxy groups -OCH3 is 1. The third kappa shape index (κ3) is 3.46. The molecule has 6 heteroatoms. The summed E-state index contributed by atoms with van der Waals surface area (Å²) in [6, 6.07) is 19.3. The molecule has 0 radical (unpaired) electrons. The summed E-state index contributed by atoms with van der Waals surface area (Å²) in [4.78, 5) is 26.9. The Morgan fingerprint density at radius 1 is 1.00 bits per heavy atom. The molecule has 2 fully saturated rings. The summed E-state index contributed by atoms with van der Waals surface area (Å²) in [5.41, 5.74) is 2.08. The Morgan fingerprint density at radius 3 is 2.26 bits per heavy atom. The van der Waals surface area contributed by atoms with Gasteiger partial charge in [-0.1, -0.05) is 60.7 Å². The van der Waals surface area contributed by atoms with Gasteiger partial charge in [-0.3, -0.25) is 4.79 Å². The van der Waals surface area contributed by atoms with Crippen LogP contribution in [-0.4, -0.2) is 48.4 Å². The van der Waals surface area contributed by atoms with E-state index in [2.05, 4.69) is 0 Å². The van der Waals surface area contributed by atoms with Gasteiger partial charge in [0.25, 0.3) is 5.91 Å². The zero-order chi connectivity index (χ0) is 18.8. The first-order valence-electron chi connectivity index (χ1n) is 8.94. The number of hydrogen-bond donors (Lipinski definition) is 0. The number of nitrogens with zero attached hydrogens (tertiary/aromatic N) is 1. The normalized spacial score (nSPS) is 26.9. The summed E-state index contributed by atoms with van der Waals surface area (Å²) in [6.45, 7) is 0.435. The molecule has 0 aliphatic carbocycles. The Bertz CT molecular complexity index is 810. The lowest BCUT2D eigenvalue weighted by Crippen LogP contribution is -2.56. The van der Waals surface area contributed by atoms with Crippen molar-refractivity contribution in [2.45, 2.75) is 37.5 Å². The van der Waals surface area contributed by atoms with Crippen molar-refractivity contribution in [1.29, 1.82) is 0 Å². The molecule has 2 heterocycles. The molecule has 0 unspecified atom stereocenters. The van der Waals surface area contributed by atoms with Crippen LogP contribution in [0, 0.1) is 0 Å². The molecule has 1 amide bonds. The molecule has 6 nitrogen and oxygen atoms in total. The quantitative estimate of drug-likeness (QED) is 0.756. The van der Waals surface area contributed by atoms with Crippen LogP contribution in [0.5, 0.6) is 0 Å². The van der Waals surface area contributed by atoms with E-state index in [1.54, 1.807) is 4.90 Å². The van der Waals surface area contributed by atoms with Gasteiger partial charge in [0.15, 0.2) is 18.5 Å². The number of amides is 1. The monoisotopic (exact) mass is 367 g/mol. The fraction of sp³-hybridized carbons (Fsp3) is 0.333. The molecule has 0 aromatic heterocycles. The van der Waals surface area contributed by atoms with Crippen molar-refractivity contribution < 1.29 is 23.8 Å². The van der Waals surface area contributed by atoms with Crippen LogP contribution in [0.2, 0.25) is 0 Å². The van der Waals surface area contributed by atoms with Crippen LogP contribution >= 0.6 is 0 Å². The molecule has 2 bridgehead atoms. The Kier molecular flexibility index (Phi) is 4.92. The number of carbonyl (C=O) groups is 2. The molecule has 2 aliphatic heterocycles. The van der Waals surface area contributed by atoms with E-state index in [4.69, 9.17) is 14.2 Å². The number of rotatable bonds is 5. The van der Waals surface area contributed by atoms with E-state index in [1.165, 1.54) is 7.11 Å². The fourth-order valence-corrected chi connectivity index (χ4v) is 3.64. The third-order valence-corrected chi connectivity index (χ3v) is 4.99. The van der Waals surface area contributed by atoms with Gasteiger partial charge in [0.1, 0.15) is 0 Å². The summed E-state index contributed by atoms with van der Waals surface area (Å²) >= 11 is 0. The van der Waals surface area contributed by atoms with Crippen LogP contribution in [-0.2, 0) is 36.8 Å². The molecule has 2 aliphatic rings. The van der Waals surface area contributed by atoms with Crippen molar-refractivity contribution >= 4 is 11.9 Å². The largest absolute Gasteiger partial charge is 0.467 e. The number of fused-ring (bicyclic) bond motifs is 2. The van der Waals surface area contributed by atoms with Crippen LogP contribution in [0.3, 0.4) is 0 Å². The summed E-state index contributed by atoms with van der Waals surface area (Å²) in [5.74, 6) is -0.834. The summed E-state index contributed by atoms with van der Waals surface area (Å²) in [7, 11) is 1.28. The first kappa shape index (κ1) is 17.7. The molecule has 4 atom stereocenters. The van der Waals surface area contributed by atoms with Gasteiger partial charge in [0, 0.05) is 6.54 Å². The van der Waals surface area contributed by atoms with Crippen molar-refractivity contribution in [2.75, 3.05) is 7.11 Å². The van der Waals surface area contributed by atoms with E-state index >= 15 is 0 Å². The lowest BCUT2D eigenvalue weighted by molar-refractivity contribution is -0.177. The van der Waals surface area contributed by atoms with Crippen LogP contribution < -0.4 is 0 Å². The van der Waals surface area contributed by atoms with Crippen LogP contribution in [0.1, 0.15) is 11.1 Å². The number of hydrogen-bond acceptors (Lipinski definition) is 5. The predicted octanol–water partition coefficient (Wildman–Crippen LogP) is 1.92. The minimum atomic E-state index is -1.02. The van der Waals surface area contributed by atoms with Gasteiger partial charge in [-0.2, -0.15) is 0 Å². The van der Waals surface area contributed by atoms with Crippen LogP contribution in [0.4, 0.5) is 0 Å². The molecule has 2 saturated heterocycles. The zero-order valence-electron chi connectivity index (χ0n) is 15.0. The molecular weight excluding hydrogens is 346 g/mol. The maximum atomic E-state index is 13.1. The van der Waals surface area contributed by atoms with Crippen molar-refractivity contribution in [1.82, 2.24) is 4.90 Å². The van der Waals surface area contributed by atoms with Crippen molar-refractivity contribution in [3.8, 4) is 0 Å². The van der Waals surface area contributed by atoms with Gasteiger partial charge in [0.05, 0.1) is 13.2 Å². The minimum absolute atomic E-state index is 0.246. The molecule has 0 saturated carbocycles. The molecule has 2 aromatic rings. The fourth-order valence-electron chi connectivity index (χ4n) is 3.64. The number of morpholine rings is 1. The van der Waals surface area contributed by atoms with Gasteiger partial charge < -0.3 is 19.1 Å². The maximum absolute atomic E-state index is 13.1. The third-order valence-electron chi connectivity index (χ3n) is 4.99. The smallest absolute Gasteiger partial charge is 0.338 e. The second-order valence-electron chi connectivity index (χ2n) is 6.71. The second-order valence-corrected chi connectivity index (χ2v) is 6.71. The first-order chi connectivity index (χ1) is 13.2. The van der Waals surface area contributed by atoms with Crippen molar-refractivity contribution in [3.63, 3.8) is 0 Å². The summed E-state index contributed by atoms with van der Waals surface area (Å²) in [6.07, 6.45) is -2.07. The lowest BCUT2D eigenvalue weighted by Gasteiger charge is -2.38. The van der Waals surface area contributed by atoms with Crippen molar-refractivity contribution in [3.05, 3.63) is 71.8 Å². The standard InChI is InChI=1S/C21H21NO5/c1-25-20(24)18-17-19(23)22(13-15-10-6-3-7-11-15)16(21(26-17)27-18)12-14-8-4-2-5-9-14/h2-11,16-18,21H,12-13H2,1H3/t16-,17+,18+,21-/m1/s1. The second kappa shape index (κ2) is 7.50. The summed E-state index contributed by atoms with van der Waals surface area (Å²) < 4.78 is 16.4. The average Bonchev–Trinajstić information content (AvgIpc) is 3.12. The number of ether oxygens (including phenoxy) is 3. The molecule has 2 aromatic carbocycles. The predicted molar refractivity (Wildman–Crippen MR) is 96.5 cm³/mol. The topological polar surface area (TPSA) is 65.1 Å². The van der Waals surface area contributed by atoms with Gasteiger partial charge in [-0.25, -0.2) is 4.79 Å². The van der Waals surface area contributed by atoms with Gasteiger partial charge in [-0.05, 0) is 17.5 Å². The van der Waals surface area contributed by atoms with E-state index in [9.17, 15) is 9.59 Å². The van der Waals surface area contributed by atoms with Gasteiger partial charge in [0.2, 0.25) is 0 Å². The zero-order valence-corrected chi connectivity index (χ0v) is 15.0. The lowest BCUT2D eigenvalue weighted by atomic mass is 10.0. The minimum Gasteiger partial charge on any atom is -0.467 e. The SMILES string of the molecule is COC(=O)[C@H]1O[C@H]2O[C@@H]1C(=O)N(Cc1ccccc1)[C@@H]2Cc1ccccc1. The maximum Gasteiger partial charge on any atom is 0.338 e. The van der Waals surface area contributed by atoms with E-state index < -0.39 is 24.5 Å². The highest BCUT2D eigenvalue weighted by atomic mass is 16.7. The van der Waals surface area contributed by atoms with E-state index in [0.717, 1.165) is 11.1 Å². The Morgan fingerprint density at radius 2 is 1.63 bits per heavy atom. The molecular formula is C21H21NO5. The molecule has 4 rings (SSSR count). The Hall–Kier alpha value is -2.70. The highest BCUT2D eigenvalue weighted by Gasteiger charge is 2.55. The molecule has 0 spiro atoms. The molecule has 27 heavy (non-hydrogen) atoms. The van der Waals surface area contributed by atoms with E-state index in [1.807, 2.05) is 60.7 Å². The highest BCUT2D eigenvalue weighted by Crippen LogP contribution is 2.34. The highest BCUT2D eigenvalue weighted by molar-refractivity contribution is 5.90. The van der Waals surface area contributed by atoms with E-state index in [-0.39, 0.29) is 11.9 Å². The van der Waals surface area contributed by atoms with E-state index in [0.29, 0.717) is 13.0 Å². The Balaban J connectivity index is 1.64. The summed E-state index contributed by atoms with van der Waals surface area (Å²) in [5, 5.41) is 0. The Labute approximate surface area is 157 Å².